The number of ether oxygens (including phenoxy) is 2. The lowest BCUT2D eigenvalue weighted by molar-refractivity contribution is -0.115. The minimum atomic E-state index is -0.583. The Hall–Kier alpha value is -5.22. The molecule has 0 aliphatic heterocycles. The van der Waals surface area contributed by atoms with E-state index in [1.807, 2.05) is 12.1 Å². The normalized spacial score (nSPS) is 10.7. The number of methoxy groups -OCH3 is 1. The zero-order valence-corrected chi connectivity index (χ0v) is 24.3. The molecule has 5 rings (SSSR count). The fourth-order valence-corrected chi connectivity index (χ4v) is 4.53. The smallest absolute Gasteiger partial charge is 0.337 e. The van der Waals surface area contributed by atoms with Gasteiger partial charge in [0.1, 0.15) is 18.2 Å². The summed E-state index contributed by atoms with van der Waals surface area (Å²) in [6.45, 7) is 0.353. The van der Waals surface area contributed by atoms with Gasteiger partial charge in [0.2, 0.25) is 11.8 Å². The Balaban J connectivity index is 1.26. The van der Waals surface area contributed by atoms with Crippen molar-refractivity contribution < 1.29 is 27.8 Å². The highest BCUT2D eigenvalue weighted by Gasteiger charge is 2.15. The van der Waals surface area contributed by atoms with Crippen LogP contribution in [0.5, 0.6) is 5.88 Å². The maximum Gasteiger partial charge on any atom is 0.337 e. The van der Waals surface area contributed by atoms with Crippen molar-refractivity contribution in [1.82, 2.24) is 9.97 Å². The zero-order chi connectivity index (χ0) is 31.1. The van der Waals surface area contributed by atoms with Crippen LogP contribution in [-0.2, 0) is 29.1 Å². The number of nitrogens with one attached hydrogen (secondary N) is 3. The minimum absolute atomic E-state index is 0.0591. The van der Waals surface area contributed by atoms with Crippen molar-refractivity contribution in [2.24, 2.45) is 0 Å². The van der Waals surface area contributed by atoms with Gasteiger partial charge in [-0.2, -0.15) is 0 Å². The molecule has 0 saturated carbocycles. The average molecular weight is 617 g/mol. The number of carbonyl (C=O) groups excluding carboxylic acids is 2. The number of halogens is 3. The standard InChI is InChI=1S/C33H27ClF2N4O4/c1-43-33(42)22-10-12-29(30(15-22)38-18-25-4-3-13-37-25)39-31(41)16-20-7-8-21(14-26(20)35)28-5-2-6-32(40-28)44-19-23-9-11-24(34)17-27(23)36/h2-15,17,37-38H,16,18-19H2,1H3,(H,39,41). The van der Waals surface area contributed by atoms with E-state index >= 15 is 4.39 Å². The molecule has 3 N–H and O–H groups in total. The van der Waals surface area contributed by atoms with E-state index in [-0.39, 0.29) is 29.5 Å². The first-order chi connectivity index (χ1) is 21.3. The molecule has 0 spiro atoms. The largest absolute Gasteiger partial charge is 0.473 e. The van der Waals surface area contributed by atoms with Crippen LogP contribution in [0.3, 0.4) is 0 Å². The highest BCUT2D eigenvalue weighted by atomic mass is 35.5. The van der Waals surface area contributed by atoms with E-state index in [2.05, 4.69) is 20.6 Å². The van der Waals surface area contributed by atoms with Gasteiger partial charge < -0.3 is 25.1 Å². The first kappa shape index (κ1) is 30.2. The van der Waals surface area contributed by atoms with Gasteiger partial charge in [-0.05, 0) is 60.2 Å². The topological polar surface area (TPSA) is 105 Å². The Bertz CT molecular complexity index is 1800. The van der Waals surface area contributed by atoms with Gasteiger partial charge in [0.05, 0.1) is 42.7 Å². The first-order valence-corrected chi connectivity index (χ1v) is 13.9. The molecule has 3 aromatic carbocycles. The predicted molar refractivity (Wildman–Crippen MR) is 164 cm³/mol. The number of aromatic nitrogens is 2. The van der Waals surface area contributed by atoms with Gasteiger partial charge in [-0.3, -0.25) is 4.79 Å². The highest BCUT2D eigenvalue weighted by Crippen LogP contribution is 2.27. The van der Waals surface area contributed by atoms with Gasteiger partial charge >= 0.3 is 5.97 Å². The number of anilines is 2. The fraction of sp³-hybridized carbons (Fsp3) is 0.121. The molecule has 0 saturated heterocycles. The highest BCUT2D eigenvalue weighted by molar-refractivity contribution is 6.30. The van der Waals surface area contributed by atoms with Crippen molar-refractivity contribution >= 4 is 34.9 Å². The number of benzene rings is 3. The van der Waals surface area contributed by atoms with Crippen molar-refractivity contribution in [2.75, 3.05) is 17.7 Å². The third-order valence-corrected chi connectivity index (χ3v) is 6.90. The van der Waals surface area contributed by atoms with Crippen molar-refractivity contribution in [2.45, 2.75) is 19.6 Å². The van der Waals surface area contributed by atoms with Crippen molar-refractivity contribution in [1.29, 1.82) is 0 Å². The second kappa shape index (κ2) is 13.8. The minimum Gasteiger partial charge on any atom is -0.473 e. The summed E-state index contributed by atoms with van der Waals surface area (Å²) in [7, 11) is 1.29. The Morgan fingerprint density at radius 1 is 0.909 bits per heavy atom. The van der Waals surface area contributed by atoms with Crippen molar-refractivity contribution in [3.63, 3.8) is 0 Å². The monoisotopic (exact) mass is 616 g/mol. The summed E-state index contributed by atoms with van der Waals surface area (Å²) >= 11 is 5.80. The quantitative estimate of drug-likeness (QED) is 0.136. The summed E-state index contributed by atoms with van der Waals surface area (Å²) in [4.78, 5) is 32.5. The molecule has 11 heteroatoms. The van der Waals surface area contributed by atoms with E-state index < -0.39 is 23.5 Å². The van der Waals surface area contributed by atoms with Gasteiger partial charge in [0.25, 0.3) is 0 Å². The average Bonchev–Trinajstić information content (AvgIpc) is 3.55. The van der Waals surface area contributed by atoms with E-state index in [4.69, 9.17) is 21.1 Å². The van der Waals surface area contributed by atoms with Gasteiger partial charge in [0.15, 0.2) is 0 Å². The molecule has 8 nitrogen and oxygen atoms in total. The molecule has 2 heterocycles. The summed E-state index contributed by atoms with van der Waals surface area (Å²) < 4.78 is 39.7. The Labute approximate surface area is 257 Å². The molecule has 0 unspecified atom stereocenters. The van der Waals surface area contributed by atoms with E-state index in [1.165, 1.54) is 37.4 Å². The molecule has 2 aromatic heterocycles. The molecule has 0 atom stereocenters. The Morgan fingerprint density at radius 2 is 1.73 bits per heavy atom. The van der Waals surface area contributed by atoms with Gasteiger partial charge in [0, 0.05) is 34.1 Å². The summed E-state index contributed by atoms with van der Waals surface area (Å²) in [5.41, 5.74) is 3.55. The molecule has 0 aliphatic carbocycles. The number of hydrogen-bond donors (Lipinski definition) is 3. The fourth-order valence-electron chi connectivity index (χ4n) is 4.38. The van der Waals surface area contributed by atoms with Crippen LogP contribution in [0.25, 0.3) is 11.3 Å². The number of pyridine rings is 1. The van der Waals surface area contributed by atoms with Crippen LogP contribution in [0.4, 0.5) is 20.2 Å². The number of esters is 1. The maximum absolute atomic E-state index is 15.2. The molecule has 224 valence electrons. The summed E-state index contributed by atoms with van der Waals surface area (Å²) in [5.74, 6) is -1.80. The third kappa shape index (κ3) is 7.59. The van der Waals surface area contributed by atoms with Crippen LogP contribution < -0.4 is 15.4 Å². The number of rotatable bonds is 11. The second-order valence-corrected chi connectivity index (χ2v) is 10.2. The number of nitrogens with zero attached hydrogens (tertiary/aromatic N) is 1. The second-order valence-electron chi connectivity index (χ2n) is 9.72. The molecule has 5 aromatic rings. The lowest BCUT2D eigenvalue weighted by Gasteiger charge is -2.15. The molecule has 44 heavy (non-hydrogen) atoms. The molecule has 0 bridgehead atoms. The number of hydrogen-bond acceptors (Lipinski definition) is 6. The van der Waals surface area contributed by atoms with Crippen LogP contribution in [-0.4, -0.2) is 29.0 Å². The van der Waals surface area contributed by atoms with Crippen LogP contribution in [0.15, 0.2) is 91.1 Å². The lowest BCUT2D eigenvalue weighted by Crippen LogP contribution is -2.17. The third-order valence-electron chi connectivity index (χ3n) is 6.66. The lowest BCUT2D eigenvalue weighted by atomic mass is 10.0. The molecule has 1 amide bonds. The summed E-state index contributed by atoms with van der Waals surface area (Å²) in [6.07, 6.45) is 1.56. The zero-order valence-electron chi connectivity index (χ0n) is 23.5. The van der Waals surface area contributed by atoms with E-state index in [0.29, 0.717) is 40.3 Å². The van der Waals surface area contributed by atoms with Crippen LogP contribution in [0, 0.1) is 11.6 Å². The SMILES string of the molecule is COC(=O)c1ccc(NC(=O)Cc2ccc(-c3cccc(OCc4ccc(Cl)cc4F)n3)cc2F)c(NCc2ccc[nH]2)c1. The molecular formula is C33H27ClF2N4O4. The molecular weight excluding hydrogens is 590 g/mol. The molecule has 0 fully saturated rings. The predicted octanol–water partition coefficient (Wildman–Crippen LogP) is 7.17. The van der Waals surface area contributed by atoms with Crippen LogP contribution in [0.1, 0.15) is 27.2 Å². The van der Waals surface area contributed by atoms with Gasteiger partial charge in [-0.15, -0.1) is 0 Å². The van der Waals surface area contributed by atoms with Crippen LogP contribution >= 0.6 is 11.6 Å². The molecule has 0 aliphatic rings. The van der Waals surface area contributed by atoms with E-state index in [0.717, 1.165) is 5.69 Å². The van der Waals surface area contributed by atoms with Gasteiger partial charge in [-0.1, -0.05) is 35.9 Å². The maximum atomic E-state index is 15.2. The van der Waals surface area contributed by atoms with E-state index in [1.54, 1.807) is 48.7 Å². The molecule has 0 radical (unpaired) electrons. The van der Waals surface area contributed by atoms with Crippen molar-refractivity contribution in [3.05, 3.63) is 130 Å². The summed E-state index contributed by atoms with van der Waals surface area (Å²) in [5, 5.41) is 6.28. The first-order valence-electron chi connectivity index (χ1n) is 13.5. The summed E-state index contributed by atoms with van der Waals surface area (Å²) in [6, 6.07) is 22.2. The van der Waals surface area contributed by atoms with Crippen molar-refractivity contribution in [3.8, 4) is 17.1 Å². The van der Waals surface area contributed by atoms with Gasteiger partial charge in [-0.25, -0.2) is 18.6 Å². The van der Waals surface area contributed by atoms with E-state index in [9.17, 15) is 14.0 Å². The number of H-pyrrole nitrogens is 1. The van der Waals surface area contributed by atoms with Crippen LogP contribution in [0.2, 0.25) is 5.02 Å². The number of carbonyl (C=O) groups is 2. The number of aromatic amines is 1. The Morgan fingerprint density at radius 3 is 2.48 bits per heavy atom. The number of amides is 1. The Kier molecular flexibility index (Phi) is 9.51.